The van der Waals surface area contributed by atoms with Crippen molar-refractivity contribution in [1.29, 1.82) is 0 Å². The fourth-order valence-electron chi connectivity index (χ4n) is 2.37. The van der Waals surface area contributed by atoms with E-state index in [1.54, 1.807) is 4.90 Å². The molecule has 1 saturated heterocycles. The van der Waals surface area contributed by atoms with Gasteiger partial charge in [-0.2, -0.15) is 0 Å². The summed E-state index contributed by atoms with van der Waals surface area (Å²) in [5.41, 5.74) is 0.769. The van der Waals surface area contributed by atoms with Gasteiger partial charge in [0.1, 0.15) is 0 Å². The number of carbonyl (C=O) groups is 3. The summed E-state index contributed by atoms with van der Waals surface area (Å²) in [6.07, 6.45) is 1.36. The first-order chi connectivity index (χ1) is 11.0. The fraction of sp³-hybridized carbons (Fsp3) is 0.312. The molecular formula is C16H18BrN3O3. The maximum atomic E-state index is 12.2. The maximum Gasteiger partial charge on any atom is 0.243 e. The molecule has 1 unspecified atom stereocenters. The minimum Gasteiger partial charge on any atom is -0.354 e. The second-order valence-electron chi connectivity index (χ2n) is 5.14. The molecular weight excluding hydrogens is 362 g/mol. The van der Waals surface area contributed by atoms with Gasteiger partial charge in [-0.05, 0) is 34.1 Å². The van der Waals surface area contributed by atoms with Crippen molar-refractivity contribution in [3.8, 4) is 0 Å². The zero-order chi connectivity index (χ0) is 16.8. The van der Waals surface area contributed by atoms with E-state index in [0.717, 1.165) is 10.2 Å². The van der Waals surface area contributed by atoms with Gasteiger partial charge in [-0.25, -0.2) is 0 Å². The maximum absolute atomic E-state index is 12.2. The van der Waals surface area contributed by atoms with E-state index in [1.807, 2.05) is 24.3 Å². The number of nitrogens with one attached hydrogen (secondary N) is 2. The van der Waals surface area contributed by atoms with E-state index in [4.69, 9.17) is 0 Å². The van der Waals surface area contributed by atoms with E-state index in [2.05, 4.69) is 33.1 Å². The lowest BCUT2D eigenvalue weighted by atomic mass is 10.1. The quantitative estimate of drug-likeness (QED) is 0.576. The standard InChI is InChI=1S/C16H18BrN3O3/c1-2-14(21)18-7-8-19-16(23)11-9-15(22)20(10-11)13-6-4-3-5-12(13)17/h2-6,11H,1,7-10H2,(H,18,21)(H,19,23). The van der Waals surface area contributed by atoms with Crippen molar-refractivity contribution in [1.82, 2.24) is 10.6 Å². The summed E-state index contributed by atoms with van der Waals surface area (Å²) in [5, 5.41) is 5.31. The van der Waals surface area contributed by atoms with E-state index in [-0.39, 0.29) is 30.1 Å². The molecule has 1 aliphatic heterocycles. The Balaban J connectivity index is 1.87. The normalized spacial score (nSPS) is 17.0. The Kier molecular flexibility index (Phi) is 5.92. The topological polar surface area (TPSA) is 78.5 Å². The number of hydrogen-bond donors (Lipinski definition) is 2. The molecule has 2 N–H and O–H groups in total. The number of rotatable bonds is 6. The molecule has 0 bridgehead atoms. The lowest BCUT2D eigenvalue weighted by molar-refractivity contribution is -0.126. The highest BCUT2D eigenvalue weighted by Crippen LogP contribution is 2.31. The molecule has 0 aromatic heterocycles. The number of carbonyl (C=O) groups excluding carboxylic acids is 3. The number of amides is 3. The largest absolute Gasteiger partial charge is 0.354 e. The molecule has 23 heavy (non-hydrogen) atoms. The Hall–Kier alpha value is -2.15. The third kappa shape index (κ3) is 4.41. The van der Waals surface area contributed by atoms with Crippen LogP contribution in [-0.2, 0) is 14.4 Å². The van der Waals surface area contributed by atoms with Crippen molar-refractivity contribution in [3.05, 3.63) is 41.4 Å². The minimum atomic E-state index is -0.385. The summed E-state index contributed by atoms with van der Waals surface area (Å²) in [5.74, 6) is -0.919. The second-order valence-corrected chi connectivity index (χ2v) is 6.00. The third-order valence-electron chi connectivity index (χ3n) is 3.55. The highest BCUT2D eigenvalue weighted by atomic mass is 79.9. The van der Waals surface area contributed by atoms with Crippen LogP contribution in [0.3, 0.4) is 0 Å². The molecule has 0 radical (unpaired) electrons. The zero-order valence-corrected chi connectivity index (χ0v) is 14.1. The van der Waals surface area contributed by atoms with Crippen molar-refractivity contribution < 1.29 is 14.4 Å². The van der Waals surface area contributed by atoms with Crippen LogP contribution in [0, 0.1) is 5.92 Å². The molecule has 3 amide bonds. The van der Waals surface area contributed by atoms with Crippen LogP contribution in [0.15, 0.2) is 41.4 Å². The van der Waals surface area contributed by atoms with Crippen LogP contribution < -0.4 is 15.5 Å². The molecule has 1 aromatic carbocycles. The average molecular weight is 380 g/mol. The van der Waals surface area contributed by atoms with E-state index < -0.39 is 0 Å². The van der Waals surface area contributed by atoms with E-state index in [9.17, 15) is 14.4 Å². The Bertz CT molecular complexity index is 633. The number of para-hydroxylation sites is 1. The predicted octanol–water partition coefficient (Wildman–Crippen LogP) is 1.22. The van der Waals surface area contributed by atoms with Crippen LogP contribution in [0.5, 0.6) is 0 Å². The Labute approximate surface area is 143 Å². The van der Waals surface area contributed by atoms with Crippen LogP contribution in [0.25, 0.3) is 0 Å². The smallest absolute Gasteiger partial charge is 0.243 e. The van der Waals surface area contributed by atoms with Gasteiger partial charge in [0.2, 0.25) is 17.7 Å². The summed E-state index contributed by atoms with van der Waals surface area (Å²) in [4.78, 5) is 36.9. The SMILES string of the molecule is C=CC(=O)NCCNC(=O)C1CC(=O)N(c2ccccc2Br)C1. The monoisotopic (exact) mass is 379 g/mol. The first-order valence-corrected chi connectivity index (χ1v) is 8.05. The average Bonchev–Trinajstić information content (AvgIpc) is 2.93. The van der Waals surface area contributed by atoms with Crippen LogP contribution in [0.2, 0.25) is 0 Å². The summed E-state index contributed by atoms with van der Waals surface area (Å²) in [7, 11) is 0. The lowest BCUT2D eigenvalue weighted by Crippen LogP contribution is -2.38. The van der Waals surface area contributed by atoms with Gasteiger partial charge in [0, 0.05) is 30.5 Å². The van der Waals surface area contributed by atoms with Gasteiger partial charge >= 0.3 is 0 Å². The van der Waals surface area contributed by atoms with Gasteiger partial charge in [0.25, 0.3) is 0 Å². The van der Waals surface area contributed by atoms with Crippen molar-refractivity contribution in [2.45, 2.75) is 6.42 Å². The molecule has 2 rings (SSSR count). The van der Waals surface area contributed by atoms with Crippen molar-refractivity contribution >= 4 is 39.3 Å². The highest BCUT2D eigenvalue weighted by molar-refractivity contribution is 9.10. The van der Waals surface area contributed by atoms with E-state index >= 15 is 0 Å². The van der Waals surface area contributed by atoms with E-state index in [1.165, 1.54) is 6.08 Å². The molecule has 1 heterocycles. The first kappa shape index (κ1) is 17.2. The molecule has 6 nitrogen and oxygen atoms in total. The Morgan fingerprint density at radius 2 is 2.00 bits per heavy atom. The van der Waals surface area contributed by atoms with Gasteiger partial charge in [-0.3, -0.25) is 14.4 Å². The van der Waals surface area contributed by atoms with Crippen LogP contribution in [0.4, 0.5) is 5.69 Å². The van der Waals surface area contributed by atoms with E-state index in [0.29, 0.717) is 19.6 Å². The first-order valence-electron chi connectivity index (χ1n) is 7.25. The number of hydrogen-bond acceptors (Lipinski definition) is 3. The summed E-state index contributed by atoms with van der Waals surface area (Å²) in [6, 6.07) is 7.42. The molecule has 0 aliphatic carbocycles. The molecule has 1 fully saturated rings. The van der Waals surface area contributed by atoms with Gasteiger partial charge in [-0.1, -0.05) is 18.7 Å². The van der Waals surface area contributed by atoms with Crippen molar-refractivity contribution in [3.63, 3.8) is 0 Å². The number of nitrogens with zero attached hydrogens (tertiary/aromatic N) is 1. The zero-order valence-electron chi connectivity index (χ0n) is 12.5. The summed E-state index contributed by atoms with van der Waals surface area (Å²) in [6.45, 7) is 4.34. The van der Waals surface area contributed by atoms with Gasteiger partial charge < -0.3 is 15.5 Å². The number of anilines is 1. The summed E-state index contributed by atoms with van der Waals surface area (Å²) >= 11 is 3.42. The third-order valence-corrected chi connectivity index (χ3v) is 4.22. The van der Waals surface area contributed by atoms with Crippen LogP contribution >= 0.6 is 15.9 Å². The molecule has 122 valence electrons. The molecule has 0 saturated carbocycles. The number of benzene rings is 1. The van der Waals surface area contributed by atoms with Gasteiger partial charge in [0.15, 0.2) is 0 Å². The molecule has 1 aliphatic rings. The van der Waals surface area contributed by atoms with Crippen molar-refractivity contribution in [2.75, 3.05) is 24.5 Å². The lowest BCUT2D eigenvalue weighted by Gasteiger charge is -2.18. The summed E-state index contributed by atoms with van der Waals surface area (Å²) < 4.78 is 0.821. The molecule has 7 heteroatoms. The molecule has 0 spiro atoms. The Morgan fingerprint density at radius 3 is 2.70 bits per heavy atom. The second kappa shape index (κ2) is 7.92. The van der Waals surface area contributed by atoms with Crippen LogP contribution in [-0.4, -0.2) is 37.4 Å². The van der Waals surface area contributed by atoms with Gasteiger partial charge in [-0.15, -0.1) is 0 Å². The predicted molar refractivity (Wildman–Crippen MR) is 90.8 cm³/mol. The number of halogens is 1. The fourth-order valence-corrected chi connectivity index (χ4v) is 2.87. The highest BCUT2D eigenvalue weighted by Gasteiger charge is 2.35. The van der Waals surface area contributed by atoms with Gasteiger partial charge in [0.05, 0.1) is 11.6 Å². The molecule has 1 atom stereocenters. The minimum absolute atomic E-state index is 0.0722. The van der Waals surface area contributed by atoms with Crippen molar-refractivity contribution in [2.24, 2.45) is 5.92 Å². The van der Waals surface area contributed by atoms with Crippen LogP contribution in [0.1, 0.15) is 6.42 Å². The Morgan fingerprint density at radius 1 is 1.30 bits per heavy atom. The molecule has 1 aromatic rings.